The van der Waals surface area contributed by atoms with E-state index in [1.54, 1.807) is 13.0 Å². The highest BCUT2D eigenvalue weighted by Crippen LogP contribution is 2.53. The second kappa shape index (κ2) is 14.7. The normalized spacial score (nSPS) is 11.4. The van der Waals surface area contributed by atoms with Crippen LogP contribution in [0, 0.1) is 13.8 Å². The average molecular weight is 616 g/mol. The van der Waals surface area contributed by atoms with Gasteiger partial charge in [-0.3, -0.25) is 0 Å². The zero-order valence-electron chi connectivity index (χ0n) is 23.6. The second-order valence-corrected chi connectivity index (χ2v) is 16.1. The van der Waals surface area contributed by atoms with E-state index in [9.17, 15) is 4.79 Å². The molecule has 0 aliphatic heterocycles. The molecule has 0 radical (unpaired) electrons. The van der Waals surface area contributed by atoms with Gasteiger partial charge in [0.25, 0.3) is 0 Å². The van der Waals surface area contributed by atoms with Gasteiger partial charge in [0.2, 0.25) is 0 Å². The molecule has 0 aliphatic rings. The lowest BCUT2D eigenvalue weighted by Gasteiger charge is -2.25. The summed E-state index contributed by atoms with van der Waals surface area (Å²) in [7, 11) is 3.13. The maximum atomic E-state index is 13.6. The molecule has 0 unspecified atom stereocenters. The van der Waals surface area contributed by atoms with Crippen molar-refractivity contribution >= 4 is 40.7 Å². The van der Waals surface area contributed by atoms with Crippen LogP contribution in [0.15, 0.2) is 17.1 Å². The lowest BCUT2D eigenvalue weighted by molar-refractivity contribution is 0.0427. The first-order chi connectivity index (χ1) is 18.0. The van der Waals surface area contributed by atoms with Gasteiger partial charge in [0.05, 0.1) is 16.5 Å². The van der Waals surface area contributed by atoms with Gasteiger partial charge in [-0.25, -0.2) is 4.79 Å². The van der Waals surface area contributed by atoms with Crippen LogP contribution in [0.5, 0.6) is 23.0 Å². The minimum Gasteiger partial charge on any atom is -0.488 e. The molecular formula is C27H39BrO9Si. The number of halogens is 1. The molecule has 0 atom stereocenters. The predicted octanol–water partition coefficient (Wildman–Crippen LogP) is 6.23. The topological polar surface area (TPSA) is 90.9 Å². The van der Waals surface area contributed by atoms with Crippen molar-refractivity contribution in [3.8, 4) is 23.0 Å². The van der Waals surface area contributed by atoms with Crippen LogP contribution in [-0.4, -0.2) is 69.0 Å². The van der Waals surface area contributed by atoms with E-state index in [2.05, 4.69) is 42.1 Å². The van der Waals surface area contributed by atoms with Crippen LogP contribution in [0.4, 0.5) is 0 Å². The smallest absolute Gasteiger partial charge is 0.342 e. The highest BCUT2D eigenvalue weighted by Gasteiger charge is 2.32. The molecule has 212 valence electrons. The number of hydrogen-bond acceptors (Lipinski definition) is 9. The lowest BCUT2D eigenvalue weighted by Crippen LogP contribution is -2.23. The van der Waals surface area contributed by atoms with Crippen molar-refractivity contribution in [2.45, 2.75) is 39.5 Å². The SMILES string of the molecule is C=CCOc1c(C)c(OCOC)c(Br)c2c(OCOC)c(C)c(C(=O)OCC[Si](C)(C)C)c(OCOC)c12. The van der Waals surface area contributed by atoms with E-state index in [1.807, 2.05) is 6.92 Å². The summed E-state index contributed by atoms with van der Waals surface area (Å²) in [5, 5.41) is 1.06. The van der Waals surface area contributed by atoms with E-state index in [1.165, 1.54) is 21.3 Å². The van der Waals surface area contributed by atoms with Gasteiger partial charge in [-0.1, -0.05) is 32.3 Å². The van der Waals surface area contributed by atoms with Gasteiger partial charge in [-0.05, 0) is 35.8 Å². The summed E-state index contributed by atoms with van der Waals surface area (Å²) in [4.78, 5) is 13.6. The van der Waals surface area contributed by atoms with Crippen LogP contribution in [0.1, 0.15) is 21.5 Å². The van der Waals surface area contributed by atoms with Crippen LogP contribution in [0.2, 0.25) is 25.7 Å². The predicted molar refractivity (Wildman–Crippen MR) is 153 cm³/mol. The van der Waals surface area contributed by atoms with Crippen LogP contribution in [0.3, 0.4) is 0 Å². The zero-order valence-corrected chi connectivity index (χ0v) is 26.2. The first kappa shape index (κ1) is 31.9. The molecule has 11 heteroatoms. The van der Waals surface area contributed by atoms with E-state index < -0.39 is 14.0 Å². The molecule has 0 N–H and O–H groups in total. The van der Waals surface area contributed by atoms with Crippen LogP contribution < -0.4 is 18.9 Å². The Hall–Kier alpha value is -2.31. The highest BCUT2D eigenvalue weighted by molar-refractivity contribution is 9.10. The Kier molecular flexibility index (Phi) is 12.4. The van der Waals surface area contributed by atoms with E-state index in [4.69, 9.17) is 37.9 Å². The number of fused-ring (bicyclic) bond motifs is 1. The maximum Gasteiger partial charge on any atom is 0.342 e. The molecule has 2 rings (SSSR count). The first-order valence-electron chi connectivity index (χ1n) is 12.1. The Balaban J connectivity index is 2.99. The maximum absolute atomic E-state index is 13.6. The number of methoxy groups -OCH3 is 3. The standard InChI is InChI=1S/C27H39BrO9Si/c1-10-11-33-24-18(3)25(36-15-31-5)22(28)20-21(24)26(37-16-32-6)19(17(2)23(20)35-14-30-4)27(29)34-12-13-38(7,8)9/h10H,1,11-16H2,2-9H3. The van der Waals surface area contributed by atoms with Crippen molar-refractivity contribution in [1.29, 1.82) is 0 Å². The van der Waals surface area contributed by atoms with Gasteiger partial charge in [0.1, 0.15) is 35.2 Å². The monoisotopic (exact) mass is 614 g/mol. The fourth-order valence-corrected chi connectivity index (χ4v) is 5.26. The summed E-state index contributed by atoms with van der Waals surface area (Å²) in [5.74, 6) is 1.03. The number of ether oxygens (including phenoxy) is 8. The number of carbonyl (C=O) groups excluding carboxylic acids is 1. The van der Waals surface area contributed by atoms with Crippen LogP contribution in [-0.2, 0) is 18.9 Å². The van der Waals surface area contributed by atoms with Crippen molar-refractivity contribution in [2.75, 3.05) is 54.9 Å². The third kappa shape index (κ3) is 7.63. The second-order valence-electron chi connectivity index (χ2n) is 9.70. The fraction of sp³-hybridized carbons (Fsp3) is 0.519. The molecule has 0 fully saturated rings. The van der Waals surface area contributed by atoms with Gasteiger partial charge in [0, 0.05) is 45.9 Å². The number of hydrogen-bond donors (Lipinski definition) is 0. The minimum atomic E-state index is -1.43. The zero-order chi connectivity index (χ0) is 28.5. The Morgan fingerprint density at radius 2 is 1.34 bits per heavy atom. The molecule has 0 saturated carbocycles. The molecule has 38 heavy (non-hydrogen) atoms. The molecule has 0 saturated heterocycles. The molecule has 0 amide bonds. The molecule has 0 aromatic heterocycles. The Labute approximate surface area is 234 Å². The molecular weight excluding hydrogens is 576 g/mol. The highest BCUT2D eigenvalue weighted by atomic mass is 79.9. The molecule has 0 aliphatic carbocycles. The van der Waals surface area contributed by atoms with Crippen molar-refractivity contribution in [2.24, 2.45) is 0 Å². The number of rotatable bonds is 16. The summed E-state index contributed by atoms with van der Waals surface area (Å²) in [5.41, 5.74) is 1.39. The summed E-state index contributed by atoms with van der Waals surface area (Å²) in [6.07, 6.45) is 1.63. The molecule has 2 aromatic rings. The van der Waals surface area contributed by atoms with E-state index in [-0.39, 0.29) is 38.3 Å². The average Bonchev–Trinajstić information content (AvgIpc) is 2.85. The molecule has 0 heterocycles. The van der Waals surface area contributed by atoms with E-state index >= 15 is 0 Å². The van der Waals surface area contributed by atoms with Gasteiger partial charge in [-0.2, -0.15) is 0 Å². The number of benzene rings is 2. The third-order valence-electron chi connectivity index (χ3n) is 5.57. The lowest BCUT2D eigenvalue weighted by atomic mass is 9.95. The molecule has 9 nitrogen and oxygen atoms in total. The van der Waals surface area contributed by atoms with Crippen molar-refractivity contribution in [3.63, 3.8) is 0 Å². The van der Waals surface area contributed by atoms with E-state index in [0.717, 1.165) is 6.04 Å². The van der Waals surface area contributed by atoms with Crippen LogP contribution >= 0.6 is 15.9 Å². The fourth-order valence-electron chi connectivity index (χ4n) is 3.76. The van der Waals surface area contributed by atoms with Gasteiger partial charge in [0.15, 0.2) is 20.4 Å². The molecule has 2 aromatic carbocycles. The minimum absolute atomic E-state index is 0.00756. The Morgan fingerprint density at radius 3 is 1.87 bits per heavy atom. The number of carbonyl (C=O) groups is 1. The van der Waals surface area contributed by atoms with E-state index in [0.29, 0.717) is 50.2 Å². The van der Waals surface area contributed by atoms with Gasteiger partial charge >= 0.3 is 5.97 Å². The third-order valence-corrected chi connectivity index (χ3v) is 8.03. The quantitative estimate of drug-likeness (QED) is 0.0944. The van der Waals surface area contributed by atoms with Gasteiger partial charge in [-0.15, -0.1) is 0 Å². The summed E-state index contributed by atoms with van der Waals surface area (Å²) in [6.45, 7) is 14.4. The Morgan fingerprint density at radius 1 is 0.816 bits per heavy atom. The molecule has 0 spiro atoms. The van der Waals surface area contributed by atoms with Crippen molar-refractivity contribution in [1.82, 2.24) is 0 Å². The van der Waals surface area contributed by atoms with Crippen molar-refractivity contribution in [3.05, 3.63) is 33.8 Å². The van der Waals surface area contributed by atoms with Gasteiger partial charge < -0.3 is 37.9 Å². The Bertz CT molecular complexity index is 1130. The summed E-state index contributed by atoms with van der Waals surface area (Å²) in [6, 6.07) is 0.825. The summed E-state index contributed by atoms with van der Waals surface area (Å²) < 4.78 is 46.1. The largest absolute Gasteiger partial charge is 0.488 e. The number of esters is 1. The summed E-state index contributed by atoms with van der Waals surface area (Å²) >= 11 is 3.69. The van der Waals surface area contributed by atoms with Crippen LogP contribution in [0.25, 0.3) is 10.8 Å². The first-order valence-corrected chi connectivity index (χ1v) is 16.6. The van der Waals surface area contributed by atoms with Crippen molar-refractivity contribution < 1.29 is 42.7 Å². The molecule has 0 bridgehead atoms.